The Kier molecular flexibility index (Phi) is 10.2. The van der Waals surface area contributed by atoms with Gasteiger partial charge in [-0.2, -0.15) is 0 Å². The third kappa shape index (κ3) is 7.09. The number of ether oxygens (including phenoxy) is 4. The highest BCUT2D eigenvalue weighted by atomic mass is 32.1. The zero-order chi connectivity index (χ0) is 34.3. The molecule has 0 aliphatic carbocycles. The molecule has 0 spiro atoms. The zero-order valence-corrected chi connectivity index (χ0v) is 28.1. The number of nitrogens with zero attached hydrogens (tertiary/aromatic N) is 2. The Balaban J connectivity index is 1.43. The monoisotopic (exact) mass is 674 g/mol. The summed E-state index contributed by atoms with van der Waals surface area (Å²) in [6.45, 7) is 4.23. The van der Waals surface area contributed by atoms with Crippen molar-refractivity contribution in [2.45, 2.75) is 26.5 Å². The number of methoxy groups -OCH3 is 1. The summed E-state index contributed by atoms with van der Waals surface area (Å²) in [5, 5.41) is 0. The number of rotatable bonds is 11. The highest BCUT2D eigenvalue weighted by Gasteiger charge is 2.35. The molecule has 0 bridgehead atoms. The zero-order valence-electron chi connectivity index (χ0n) is 27.3. The molecule has 49 heavy (non-hydrogen) atoms. The van der Waals surface area contributed by atoms with E-state index < -0.39 is 12.0 Å². The molecule has 1 aliphatic rings. The van der Waals surface area contributed by atoms with E-state index in [9.17, 15) is 14.4 Å². The van der Waals surface area contributed by atoms with Gasteiger partial charge in [0.1, 0.15) is 18.1 Å². The maximum atomic E-state index is 14.3. The maximum absolute atomic E-state index is 14.3. The molecule has 10 heteroatoms. The van der Waals surface area contributed by atoms with Crippen molar-refractivity contribution in [3.05, 3.63) is 156 Å². The van der Waals surface area contributed by atoms with Crippen LogP contribution >= 0.6 is 11.3 Å². The second-order valence-electron chi connectivity index (χ2n) is 10.9. The van der Waals surface area contributed by atoms with Crippen LogP contribution in [-0.2, 0) is 20.9 Å². The molecule has 0 unspecified atom stereocenters. The van der Waals surface area contributed by atoms with Crippen molar-refractivity contribution in [2.75, 3.05) is 20.3 Å². The largest absolute Gasteiger partial charge is 0.497 e. The third-order valence-corrected chi connectivity index (χ3v) is 8.85. The molecule has 0 saturated carbocycles. The number of hydrogen-bond donors (Lipinski definition) is 0. The molecule has 9 nitrogen and oxygen atoms in total. The molecule has 6 rings (SSSR count). The lowest BCUT2D eigenvalue weighted by atomic mass is 9.93. The second kappa shape index (κ2) is 15.0. The standard InChI is InChI=1S/C39H34N2O7S/c1-4-46-37(43)28-17-15-25(16-18-28)24-48-31-14-10-9-13-29(31)23-32-36(42)41-35(27-19-21-30(45-3)22-20-27)33(38(44)47-5-2)34(40-39(41)49-32)26-11-7-6-8-12-26/h6-23,35H,4-5,24H2,1-3H3/b32-23-/t35-/m1/s1. The first-order valence-corrected chi connectivity index (χ1v) is 16.6. The first kappa shape index (κ1) is 33.2. The number of hydrogen-bond acceptors (Lipinski definition) is 9. The van der Waals surface area contributed by atoms with E-state index in [1.54, 1.807) is 55.9 Å². The average molecular weight is 675 g/mol. The Hall–Kier alpha value is -5.74. The van der Waals surface area contributed by atoms with Gasteiger partial charge in [-0.25, -0.2) is 14.6 Å². The lowest BCUT2D eigenvalue weighted by Crippen LogP contribution is -2.40. The molecular formula is C39H34N2O7S. The van der Waals surface area contributed by atoms with Crippen LogP contribution in [0.5, 0.6) is 11.5 Å². The minimum absolute atomic E-state index is 0.163. The van der Waals surface area contributed by atoms with Gasteiger partial charge in [0.15, 0.2) is 4.80 Å². The Morgan fingerprint density at radius 1 is 0.837 bits per heavy atom. The van der Waals surface area contributed by atoms with E-state index in [4.69, 9.17) is 23.9 Å². The van der Waals surface area contributed by atoms with Crippen molar-refractivity contribution in [1.29, 1.82) is 0 Å². The number of esters is 2. The lowest BCUT2D eigenvalue weighted by molar-refractivity contribution is -0.138. The van der Waals surface area contributed by atoms with Gasteiger partial charge in [0, 0.05) is 11.1 Å². The van der Waals surface area contributed by atoms with Crippen LogP contribution in [0.25, 0.3) is 11.8 Å². The summed E-state index contributed by atoms with van der Waals surface area (Å²) < 4.78 is 24.2. The molecule has 1 atom stereocenters. The Morgan fingerprint density at radius 3 is 2.20 bits per heavy atom. The smallest absolute Gasteiger partial charge is 0.338 e. The summed E-state index contributed by atoms with van der Waals surface area (Å²) in [5.74, 6) is 0.301. The molecule has 1 aliphatic heterocycles. The van der Waals surface area contributed by atoms with Gasteiger partial charge in [0.2, 0.25) is 0 Å². The van der Waals surface area contributed by atoms with E-state index in [2.05, 4.69) is 0 Å². The van der Waals surface area contributed by atoms with Gasteiger partial charge in [0.25, 0.3) is 5.56 Å². The predicted octanol–water partition coefficient (Wildman–Crippen LogP) is 5.70. The summed E-state index contributed by atoms with van der Waals surface area (Å²) in [5.41, 5.74) is 3.89. The Bertz CT molecular complexity index is 2190. The SMILES string of the molecule is CCOC(=O)C1=C(c2ccccc2)N=c2s/c(=C\c3ccccc3OCc3ccc(C(=O)OCC)cc3)c(=O)n2[C@@H]1c1ccc(OC)cc1. The van der Waals surface area contributed by atoms with Crippen LogP contribution in [0.3, 0.4) is 0 Å². The van der Waals surface area contributed by atoms with E-state index >= 15 is 0 Å². The van der Waals surface area contributed by atoms with Crippen molar-refractivity contribution in [3.63, 3.8) is 0 Å². The molecule has 0 saturated heterocycles. The first-order chi connectivity index (χ1) is 23.9. The molecule has 0 fully saturated rings. The molecule has 0 amide bonds. The van der Waals surface area contributed by atoms with Gasteiger partial charge >= 0.3 is 11.9 Å². The number of thiazole rings is 1. The van der Waals surface area contributed by atoms with Crippen LogP contribution in [0.4, 0.5) is 0 Å². The van der Waals surface area contributed by atoms with Gasteiger partial charge in [-0.3, -0.25) is 9.36 Å². The molecule has 1 aromatic heterocycles. The van der Waals surface area contributed by atoms with Crippen LogP contribution in [0, 0.1) is 0 Å². The number of fused-ring (bicyclic) bond motifs is 1. The molecular weight excluding hydrogens is 641 g/mol. The fourth-order valence-corrected chi connectivity index (χ4v) is 6.52. The van der Waals surface area contributed by atoms with Gasteiger partial charge in [-0.05, 0) is 61.4 Å². The van der Waals surface area contributed by atoms with Crippen LogP contribution in [0.2, 0.25) is 0 Å². The number of carbonyl (C=O) groups is 2. The topological polar surface area (TPSA) is 105 Å². The fraction of sp³-hybridized carbons (Fsp3) is 0.179. The number of benzene rings is 4. The summed E-state index contributed by atoms with van der Waals surface area (Å²) in [4.78, 5) is 45.4. The average Bonchev–Trinajstić information content (AvgIpc) is 3.45. The van der Waals surface area contributed by atoms with Crippen LogP contribution in [0.15, 0.2) is 118 Å². The Labute approximate surface area is 287 Å². The molecule has 248 valence electrons. The summed E-state index contributed by atoms with van der Waals surface area (Å²) in [6, 6.07) is 30.4. The van der Waals surface area contributed by atoms with Crippen LogP contribution in [-0.4, -0.2) is 36.8 Å². The highest BCUT2D eigenvalue weighted by Crippen LogP contribution is 2.35. The van der Waals surface area contributed by atoms with Crippen LogP contribution in [0.1, 0.15) is 52.5 Å². The maximum Gasteiger partial charge on any atom is 0.338 e. The molecule has 5 aromatic rings. The molecule has 0 N–H and O–H groups in total. The van der Waals surface area contributed by atoms with Gasteiger partial charge in [-0.1, -0.05) is 84.1 Å². The van der Waals surface area contributed by atoms with E-state index in [1.807, 2.05) is 78.9 Å². The van der Waals surface area contributed by atoms with Gasteiger partial charge in [0.05, 0.1) is 47.7 Å². The quantitative estimate of drug-likeness (QED) is 0.166. The predicted molar refractivity (Wildman–Crippen MR) is 187 cm³/mol. The normalized spacial score (nSPS) is 14.1. The molecule has 0 radical (unpaired) electrons. The fourth-order valence-electron chi connectivity index (χ4n) is 5.53. The van der Waals surface area contributed by atoms with E-state index in [0.717, 1.165) is 11.1 Å². The Morgan fingerprint density at radius 2 is 1.51 bits per heavy atom. The second-order valence-corrected chi connectivity index (χ2v) is 12.0. The van der Waals surface area contributed by atoms with Gasteiger partial charge < -0.3 is 18.9 Å². The molecule has 2 heterocycles. The van der Waals surface area contributed by atoms with Crippen molar-refractivity contribution in [2.24, 2.45) is 4.99 Å². The summed E-state index contributed by atoms with van der Waals surface area (Å²) in [6.07, 6.45) is 1.78. The highest BCUT2D eigenvalue weighted by molar-refractivity contribution is 7.07. The number of para-hydroxylation sites is 1. The summed E-state index contributed by atoms with van der Waals surface area (Å²) >= 11 is 1.24. The minimum Gasteiger partial charge on any atom is -0.497 e. The van der Waals surface area contributed by atoms with E-state index in [-0.39, 0.29) is 30.3 Å². The van der Waals surface area contributed by atoms with E-state index in [1.165, 1.54) is 11.3 Å². The molecule has 4 aromatic carbocycles. The number of carbonyl (C=O) groups excluding carboxylic acids is 2. The van der Waals surface area contributed by atoms with Crippen LogP contribution < -0.4 is 24.4 Å². The van der Waals surface area contributed by atoms with Gasteiger partial charge in [-0.15, -0.1) is 0 Å². The lowest BCUT2D eigenvalue weighted by Gasteiger charge is -2.26. The minimum atomic E-state index is -0.803. The van der Waals surface area contributed by atoms with Crippen molar-refractivity contribution >= 4 is 35.0 Å². The van der Waals surface area contributed by atoms with E-state index in [0.29, 0.717) is 49.8 Å². The van der Waals surface area contributed by atoms with Crippen molar-refractivity contribution in [3.8, 4) is 11.5 Å². The van der Waals surface area contributed by atoms with Crippen molar-refractivity contribution in [1.82, 2.24) is 4.57 Å². The summed E-state index contributed by atoms with van der Waals surface area (Å²) in [7, 11) is 1.58. The number of aromatic nitrogens is 1. The van der Waals surface area contributed by atoms with Crippen molar-refractivity contribution < 1.29 is 28.5 Å². The first-order valence-electron chi connectivity index (χ1n) is 15.8. The third-order valence-electron chi connectivity index (χ3n) is 7.87.